The van der Waals surface area contributed by atoms with Crippen LogP contribution in [0.3, 0.4) is 0 Å². The molecule has 0 aromatic heterocycles. The van der Waals surface area contributed by atoms with Gasteiger partial charge in [-0.15, -0.1) is 13.2 Å². The van der Waals surface area contributed by atoms with Gasteiger partial charge in [0.1, 0.15) is 5.75 Å². The first kappa shape index (κ1) is 18.1. The van der Waals surface area contributed by atoms with Crippen LogP contribution in [0.4, 0.5) is 13.2 Å². The highest BCUT2D eigenvalue weighted by Gasteiger charge is 2.43. The molecule has 0 aliphatic carbocycles. The average molecular weight is 376 g/mol. The minimum atomic E-state index is -4.74. The summed E-state index contributed by atoms with van der Waals surface area (Å²) < 4.78 is 51.3. The molecule has 142 valence electrons. The first-order chi connectivity index (χ1) is 12.2. The summed E-state index contributed by atoms with van der Waals surface area (Å²) in [5, 5.41) is 13.4. The number of fused-ring (bicyclic) bond motifs is 1. The molecule has 1 fully saturated rings. The second-order valence-electron chi connectivity index (χ2n) is 5.60. The molecule has 1 saturated heterocycles. The zero-order valence-corrected chi connectivity index (χ0v) is 13.2. The van der Waals surface area contributed by atoms with Gasteiger partial charge in [0.25, 0.3) is 6.35 Å². The van der Waals surface area contributed by atoms with Crippen molar-refractivity contribution in [2.45, 2.75) is 25.4 Å². The van der Waals surface area contributed by atoms with E-state index >= 15 is 0 Å². The summed E-state index contributed by atoms with van der Waals surface area (Å²) in [6.45, 7) is 0.579. The lowest BCUT2D eigenvalue weighted by Gasteiger charge is -2.33. The fourth-order valence-corrected chi connectivity index (χ4v) is 2.58. The molecule has 0 amide bonds. The fraction of sp³-hybridized carbons (Fsp3) is 0.429. The van der Waals surface area contributed by atoms with Crippen LogP contribution in [0.25, 0.3) is 0 Å². The van der Waals surface area contributed by atoms with Crippen molar-refractivity contribution in [2.24, 2.45) is 5.73 Å². The molecule has 2 aliphatic rings. The Kier molecular flexibility index (Phi) is 4.78. The van der Waals surface area contributed by atoms with Crippen molar-refractivity contribution in [1.29, 1.82) is 0 Å². The Labute approximate surface area is 145 Å². The van der Waals surface area contributed by atoms with Gasteiger partial charge in [0, 0.05) is 0 Å². The van der Waals surface area contributed by atoms with E-state index in [2.05, 4.69) is 10.1 Å². The van der Waals surface area contributed by atoms with Gasteiger partial charge in [0.15, 0.2) is 0 Å². The van der Waals surface area contributed by atoms with E-state index in [9.17, 15) is 23.3 Å². The van der Waals surface area contributed by atoms with Crippen molar-refractivity contribution in [1.82, 2.24) is 10.2 Å². The Morgan fingerprint density at radius 3 is 2.69 bits per heavy atom. The smallest absolute Gasteiger partial charge is 0.406 e. The topological polar surface area (TPSA) is 112 Å². The van der Waals surface area contributed by atoms with Crippen LogP contribution in [-0.4, -0.2) is 41.8 Å². The highest BCUT2D eigenvalue weighted by molar-refractivity contribution is 5.27. The zero-order chi connectivity index (χ0) is 18.9. The summed E-state index contributed by atoms with van der Waals surface area (Å²) in [7, 11) is 0. The number of nitrogens with two attached hydrogens (primary N) is 1. The van der Waals surface area contributed by atoms with Gasteiger partial charge < -0.3 is 30.1 Å². The second-order valence-corrected chi connectivity index (χ2v) is 5.60. The number of alkyl halides is 3. The van der Waals surface area contributed by atoms with Crippen LogP contribution >= 0.6 is 0 Å². The van der Waals surface area contributed by atoms with Gasteiger partial charge in [0.05, 0.1) is 25.9 Å². The summed E-state index contributed by atoms with van der Waals surface area (Å²) >= 11 is 0. The van der Waals surface area contributed by atoms with E-state index in [0.29, 0.717) is 5.56 Å². The molecule has 0 radical (unpaired) electrons. The van der Waals surface area contributed by atoms with Crippen molar-refractivity contribution in [3.63, 3.8) is 0 Å². The first-order valence-corrected chi connectivity index (χ1v) is 7.48. The van der Waals surface area contributed by atoms with E-state index in [0.717, 1.165) is 0 Å². The second kappa shape index (κ2) is 6.88. The van der Waals surface area contributed by atoms with Gasteiger partial charge in [-0.2, -0.15) is 0 Å². The number of nitrogens with zero attached hydrogens (tertiary/aromatic N) is 2. The normalized spacial score (nSPS) is 22.8. The zero-order valence-electron chi connectivity index (χ0n) is 13.2. The van der Waals surface area contributed by atoms with E-state index in [-0.39, 0.29) is 37.1 Å². The first-order valence-electron chi connectivity index (χ1n) is 7.48. The molecule has 1 aromatic carbocycles. The molecular formula is C14H15F3N4O5. The van der Waals surface area contributed by atoms with Gasteiger partial charge >= 0.3 is 12.2 Å². The highest BCUT2D eigenvalue weighted by atomic mass is 19.4. The number of nitro groups is 1. The van der Waals surface area contributed by atoms with Crippen LogP contribution in [0.1, 0.15) is 5.56 Å². The van der Waals surface area contributed by atoms with Gasteiger partial charge in [-0.25, -0.2) is 5.32 Å². The molecule has 12 heteroatoms. The Morgan fingerprint density at radius 1 is 1.38 bits per heavy atom. The molecule has 3 rings (SSSR count). The molecule has 0 saturated carbocycles. The van der Waals surface area contributed by atoms with Gasteiger partial charge in [-0.3, -0.25) is 4.90 Å². The predicted molar refractivity (Wildman–Crippen MR) is 79.5 cm³/mol. The predicted octanol–water partition coefficient (Wildman–Crippen LogP) is 1.05. The largest absolute Gasteiger partial charge is 0.573 e. The molecule has 1 aromatic rings. The summed E-state index contributed by atoms with van der Waals surface area (Å²) in [5.74, 6) is -0.684. The summed E-state index contributed by atoms with van der Waals surface area (Å²) in [4.78, 5) is 11.7. The van der Waals surface area contributed by atoms with E-state index in [1.165, 1.54) is 29.2 Å². The van der Waals surface area contributed by atoms with Crippen LogP contribution in [0.5, 0.6) is 5.75 Å². The van der Waals surface area contributed by atoms with Gasteiger partial charge in [-0.1, -0.05) is 12.1 Å². The Bertz CT molecular complexity index is 710. The maximum Gasteiger partial charge on any atom is 0.573 e. The number of nitrogens with one attached hydrogen (secondary N) is 1. The maximum atomic E-state index is 12.1. The van der Waals surface area contributed by atoms with Crippen molar-refractivity contribution >= 4 is 0 Å². The Balaban J connectivity index is 1.54. The average Bonchev–Trinajstić information content (AvgIpc) is 2.90. The molecule has 3 N–H and O–H groups in total. The maximum absolute atomic E-state index is 12.1. The molecule has 26 heavy (non-hydrogen) atoms. The number of hydrogen-bond acceptors (Lipinski definition) is 8. The summed E-state index contributed by atoms with van der Waals surface area (Å²) in [6.07, 6.45) is -5.87. The molecule has 0 spiro atoms. The SMILES string of the molecule is NC1=C([N+](=O)[O-])NC2OC[C@@H](OCc3ccc(OC(F)(F)F)cc3)CN12. The lowest BCUT2D eigenvalue weighted by Crippen LogP contribution is -2.52. The minimum absolute atomic E-state index is 0.0399. The van der Waals surface area contributed by atoms with Crippen molar-refractivity contribution in [3.05, 3.63) is 51.6 Å². The van der Waals surface area contributed by atoms with E-state index in [1.807, 2.05) is 0 Å². The molecule has 1 unspecified atom stereocenters. The van der Waals surface area contributed by atoms with Gasteiger partial charge in [0.2, 0.25) is 5.82 Å². The third-order valence-corrected chi connectivity index (χ3v) is 3.76. The van der Waals surface area contributed by atoms with Crippen LogP contribution in [-0.2, 0) is 16.1 Å². The third-order valence-electron chi connectivity index (χ3n) is 3.76. The molecule has 2 heterocycles. The molecule has 2 aliphatic heterocycles. The molecule has 0 bridgehead atoms. The number of hydrogen-bond donors (Lipinski definition) is 2. The summed E-state index contributed by atoms with van der Waals surface area (Å²) in [6, 6.07) is 5.27. The molecule has 2 atom stereocenters. The van der Waals surface area contributed by atoms with Gasteiger partial charge in [-0.05, 0) is 22.6 Å². The molecular weight excluding hydrogens is 361 g/mol. The Hall–Kier alpha value is -2.73. The summed E-state index contributed by atoms with van der Waals surface area (Å²) in [5.41, 5.74) is 6.37. The lowest BCUT2D eigenvalue weighted by atomic mass is 10.2. The minimum Gasteiger partial charge on any atom is -0.406 e. The van der Waals surface area contributed by atoms with E-state index in [1.54, 1.807) is 0 Å². The number of halogens is 3. The van der Waals surface area contributed by atoms with Crippen LogP contribution in [0, 0.1) is 10.1 Å². The number of benzene rings is 1. The monoisotopic (exact) mass is 376 g/mol. The van der Waals surface area contributed by atoms with Crippen LogP contribution in [0.2, 0.25) is 0 Å². The third kappa shape index (κ3) is 4.08. The number of ether oxygens (including phenoxy) is 3. The standard InChI is InChI=1S/C14H15F3N4O5/c15-14(16,17)26-9-3-1-8(2-4-9)6-24-10-5-20-11(18)12(21(22)23)19-13(20)25-7-10/h1-4,10,13,19H,5-7,18H2/t10-,13?/m0/s1. The van der Waals surface area contributed by atoms with Crippen LogP contribution in [0.15, 0.2) is 35.9 Å². The van der Waals surface area contributed by atoms with Crippen molar-refractivity contribution in [2.75, 3.05) is 13.2 Å². The van der Waals surface area contributed by atoms with E-state index in [4.69, 9.17) is 15.2 Å². The van der Waals surface area contributed by atoms with E-state index < -0.39 is 23.7 Å². The quantitative estimate of drug-likeness (QED) is 0.579. The number of rotatable bonds is 5. The lowest BCUT2D eigenvalue weighted by molar-refractivity contribution is -0.433. The van der Waals surface area contributed by atoms with Crippen LogP contribution < -0.4 is 15.8 Å². The van der Waals surface area contributed by atoms with Crippen molar-refractivity contribution in [3.8, 4) is 5.75 Å². The highest BCUT2D eigenvalue weighted by Crippen LogP contribution is 2.25. The Morgan fingerprint density at radius 2 is 2.08 bits per heavy atom. The van der Waals surface area contributed by atoms with Crippen molar-refractivity contribution < 1.29 is 32.3 Å². The fourth-order valence-electron chi connectivity index (χ4n) is 2.58. The molecule has 9 nitrogen and oxygen atoms in total.